The molecule has 15 heavy (non-hydrogen) atoms. The van der Waals surface area contributed by atoms with Gasteiger partial charge in [-0.05, 0) is 41.8 Å². The van der Waals surface area contributed by atoms with Gasteiger partial charge < -0.3 is 15.5 Å². The number of carbonyl (C=O) groups is 1. The Balaban J connectivity index is 3.65. The van der Waals surface area contributed by atoms with E-state index in [2.05, 4.69) is 22.5 Å². The Bertz CT molecular complexity index is 196. The van der Waals surface area contributed by atoms with Gasteiger partial charge in [-0.25, -0.2) is 0 Å². The molecular weight excluding hydrogens is 190 g/mol. The molecule has 0 spiro atoms. The van der Waals surface area contributed by atoms with E-state index in [1.54, 1.807) is 0 Å². The number of carbonyl (C=O) groups excluding carboxylic acids is 1. The van der Waals surface area contributed by atoms with Crippen LogP contribution in [-0.4, -0.2) is 49.6 Å². The average molecular weight is 215 g/mol. The van der Waals surface area contributed by atoms with Crippen LogP contribution in [0.5, 0.6) is 0 Å². The number of hydrogen-bond donors (Lipinski definition) is 2. The average Bonchev–Trinajstić information content (AvgIpc) is 2.00. The van der Waals surface area contributed by atoms with Crippen molar-refractivity contribution < 1.29 is 4.79 Å². The quantitative estimate of drug-likeness (QED) is 0.699. The molecule has 0 saturated heterocycles. The predicted octanol–water partition coefficient (Wildman–Crippen LogP) is 0.441. The molecule has 0 fully saturated rings. The lowest BCUT2D eigenvalue weighted by Crippen LogP contribution is -2.46. The fourth-order valence-corrected chi connectivity index (χ4v) is 1.04. The molecule has 0 bridgehead atoms. The highest BCUT2D eigenvalue weighted by molar-refractivity contribution is 5.78. The molecule has 0 radical (unpaired) electrons. The molecule has 2 N–H and O–H groups in total. The monoisotopic (exact) mass is 215 g/mol. The van der Waals surface area contributed by atoms with Gasteiger partial charge in [0.15, 0.2) is 0 Å². The van der Waals surface area contributed by atoms with Crippen molar-refractivity contribution in [2.45, 2.75) is 39.3 Å². The summed E-state index contributed by atoms with van der Waals surface area (Å²) in [5.74, 6) is 0.0495. The van der Waals surface area contributed by atoms with E-state index in [4.69, 9.17) is 0 Å². The predicted molar refractivity (Wildman–Crippen MR) is 63.9 cm³/mol. The van der Waals surface area contributed by atoms with Crippen molar-refractivity contribution in [1.29, 1.82) is 0 Å². The molecule has 0 aromatic rings. The van der Waals surface area contributed by atoms with Crippen molar-refractivity contribution in [3.8, 4) is 0 Å². The second-order valence-corrected chi connectivity index (χ2v) is 5.24. The summed E-state index contributed by atoms with van der Waals surface area (Å²) in [6.45, 7) is 9.27. The summed E-state index contributed by atoms with van der Waals surface area (Å²) in [5, 5.41) is 6.04. The third-order valence-electron chi connectivity index (χ3n) is 2.12. The summed E-state index contributed by atoms with van der Waals surface area (Å²) in [5.41, 5.74) is -0.147. The van der Waals surface area contributed by atoms with E-state index in [0.29, 0.717) is 12.6 Å². The van der Waals surface area contributed by atoms with Crippen molar-refractivity contribution in [2.75, 3.05) is 27.2 Å². The number of amides is 1. The highest BCUT2D eigenvalue weighted by Gasteiger charge is 2.13. The highest BCUT2D eigenvalue weighted by Crippen LogP contribution is 1.97. The zero-order chi connectivity index (χ0) is 12.1. The van der Waals surface area contributed by atoms with Gasteiger partial charge in [-0.1, -0.05) is 0 Å². The van der Waals surface area contributed by atoms with Crippen LogP contribution in [0.15, 0.2) is 0 Å². The first-order chi connectivity index (χ1) is 6.72. The third kappa shape index (κ3) is 8.39. The fraction of sp³-hybridized carbons (Fsp3) is 0.909. The summed E-state index contributed by atoms with van der Waals surface area (Å²) in [7, 11) is 4.06. The molecule has 0 rings (SSSR count). The van der Waals surface area contributed by atoms with E-state index < -0.39 is 0 Å². The fourth-order valence-electron chi connectivity index (χ4n) is 1.04. The number of nitrogens with one attached hydrogen (secondary N) is 2. The van der Waals surface area contributed by atoms with Gasteiger partial charge in [0.2, 0.25) is 5.91 Å². The van der Waals surface area contributed by atoms with Gasteiger partial charge in [0.25, 0.3) is 0 Å². The summed E-state index contributed by atoms with van der Waals surface area (Å²) >= 11 is 0. The number of rotatable bonds is 5. The maximum Gasteiger partial charge on any atom is 0.234 e. The van der Waals surface area contributed by atoms with E-state index >= 15 is 0 Å². The third-order valence-corrected chi connectivity index (χ3v) is 2.12. The van der Waals surface area contributed by atoms with Gasteiger partial charge in [0, 0.05) is 18.1 Å². The molecule has 0 heterocycles. The molecule has 0 aromatic heterocycles. The van der Waals surface area contributed by atoms with Crippen LogP contribution in [0.3, 0.4) is 0 Å². The number of nitrogens with zero attached hydrogens (tertiary/aromatic N) is 1. The second kappa shape index (κ2) is 6.08. The van der Waals surface area contributed by atoms with Crippen molar-refractivity contribution in [2.24, 2.45) is 0 Å². The molecule has 0 aromatic carbocycles. The summed E-state index contributed by atoms with van der Waals surface area (Å²) in [4.78, 5) is 13.5. The Morgan fingerprint density at radius 3 is 2.27 bits per heavy atom. The van der Waals surface area contributed by atoms with Crippen LogP contribution in [0.1, 0.15) is 27.7 Å². The zero-order valence-corrected chi connectivity index (χ0v) is 10.8. The molecule has 0 aliphatic heterocycles. The van der Waals surface area contributed by atoms with Crippen LogP contribution in [0.2, 0.25) is 0 Å². The van der Waals surface area contributed by atoms with Crippen LogP contribution < -0.4 is 10.6 Å². The largest absolute Gasteiger partial charge is 0.350 e. The van der Waals surface area contributed by atoms with Crippen LogP contribution in [0.25, 0.3) is 0 Å². The lowest BCUT2D eigenvalue weighted by molar-refractivity contribution is -0.121. The minimum atomic E-state index is -0.147. The maximum absolute atomic E-state index is 11.4. The van der Waals surface area contributed by atoms with Crippen LogP contribution in [0, 0.1) is 0 Å². The second-order valence-electron chi connectivity index (χ2n) is 5.24. The van der Waals surface area contributed by atoms with Gasteiger partial charge in [0.05, 0.1) is 6.54 Å². The molecule has 0 saturated carbocycles. The van der Waals surface area contributed by atoms with Gasteiger partial charge in [0.1, 0.15) is 0 Å². The summed E-state index contributed by atoms with van der Waals surface area (Å²) in [6, 6.07) is 0.437. The smallest absolute Gasteiger partial charge is 0.234 e. The van der Waals surface area contributed by atoms with Crippen molar-refractivity contribution in [3.05, 3.63) is 0 Å². The first kappa shape index (κ1) is 14.4. The van der Waals surface area contributed by atoms with Gasteiger partial charge in [-0.15, -0.1) is 0 Å². The molecule has 0 aliphatic carbocycles. The first-order valence-electron chi connectivity index (χ1n) is 5.40. The Labute approximate surface area is 93.4 Å². The molecule has 0 aliphatic rings. The van der Waals surface area contributed by atoms with Gasteiger partial charge >= 0.3 is 0 Å². The highest BCUT2D eigenvalue weighted by atomic mass is 16.2. The first-order valence-corrected chi connectivity index (χ1v) is 5.40. The summed E-state index contributed by atoms with van der Waals surface area (Å²) < 4.78 is 0. The van der Waals surface area contributed by atoms with Crippen LogP contribution in [-0.2, 0) is 4.79 Å². The molecule has 4 heteroatoms. The standard InChI is InChI=1S/C11H25N3O/c1-9(14(5)6)7-12-8-10(15)13-11(2,3)4/h9,12H,7-8H2,1-6H3,(H,13,15). The van der Waals surface area contributed by atoms with Crippen LogP contribution in [0.4, 0.5) is 0 Å². The minimum Gasteiger partial charge on any atom is -0.350 e. The lowest BCUT2D eigenvalue weighted by Gasteiger charge is -2.22. The van der Waals surface area contributed by atoms with Gasteiger partial charge in [-0.2, -0.15) is 0 Å². The minimum absolute atomic E-state index is 0.0495. The number of hydrogen-bond acceptors (Lipinski definition) is 3. The Morgan fingerprint density at radius 1 is 1.33 bits per heavy atom. The molecule has 1 unspecified atom stereocenters. The molecule has 4 nitrogen and oxygen atoms in total. The van der Waals surface area contributed by atoms with E-state index in [1.165, 1.54) is 0 Å². The van der Waals surface area contributed by atoms with Crippen LogP contribution >= 0.6 is 0 Å². The van der Waals surface area contributed by atoms with E-state index in [-0.39, 0.29) is 11.4 Å². The van der Waals surface area contributed by atoms with E-state index in [0.717, 1.165) is 6.54 Å². The van der Waals surface area contributed by atoms with Crippen molar-refractivity contribution in [3.63, 3.8) is 0 Å². The van der Waals surface area contributed by atoms with E-state index in [9.17, 15) is 4.79 Å². The normalized spacial score (nSPS) is 14.1. The lowest BCUT2D eigenvalue weighted by atomic mass is 10.1. The Hall–Kier alpha value is -0.610. The van der Waals surface area contributed by atoms with Gasteiger partial charge in [-0.3, -0.25) is 4.79 Å². The van der Waals surface area contributed by atoms with Crippen molar-refractivity contribution in [1.82, 2.24) is 15.5 Å². The molecule has 1 amide bonds. The van der Waals surface area contributed by atoms with Crippen molar-refractivity contribution >= 4 is 5.91 Å². The Kier molecular flexibility index (Phi) is 5.83. The molecule has 1 atom stereocenters. The maximum atomic E-state index is 11.4. The SMILES string of the molecule is CC(CNCC(=O)NC(C)(C)C)N(C)C. The summed E-state index contributed by atoms with van der Waals surface area (Å²) in [6.07, 6.45) is 0. The zero-order valence-electron chi connectivity index (χ0n) is 10.8. The Morgan fingerprint density at radius 2 is 1.87 bits per heavy atom. The van der Waals surface area contributed by atoms with E-state index in [1.807, 2.05) is 34.9 Å². The topological polar surface area (TPSA) is 44.4 Å². The molecule has 90 valence electrons. The number of likely N-dealkylation sites (N-methyl/N-ethyl adjacent to an activating group) is 1. The molecular formula is C11H25N3O.